The number of benzene rings is 1. The van der Waals surface area contributed by atoms with E-state index in [0.29, 0.717) is 5.69 Å². The van der Waals surface area contributed by atoms with E-state index in [4.69, 9.17) is 5.73 Å². The van der Waals surface area contributed by atoms with Crippen LogP contribution >= 0.6 is 0 Å². The van der Waals surface area contributed by atoms with E-state index in [1.54, 1.807) is 6.20 Å². The highest BCUT2D eigenvalue weighted by molar-refractivity contribution is 5.65. The summed E-state index contributed by atoms with van der Waals surface area (Å²) in [5, 5.41) is 0. The minimum atomic E-state index is 0.707. The van der Waals surface area contributed by atoms with Gasteiger partial charge in [-0.3, -0.25) is 4.98 Å². The van der Waals surface area contributed by atoms with Gasteiger partial charge in [0.25, 0.3) is 0 Å². The summed E-state index contributed by atoms with van der Waals surface area (Å²) in [5.74, 6) is 0. The molecule has 2 heteroatoms. The second kappa shape index (κ2) is 5.00. The molecule has 0 bridgehead atoms. The molecule has 0 fully saturated rings. The van der Waals surface area contributed by atoms with Gasteiger partial charge in [-0.1, -0.05) is 26.0 Å². The molecule has 0 saturated heterocycles. The van der Waals surface area contributed by atoms with Crippen molar-refractivity contribution >= 4 is 5.69 Å². The van der Waals surface area contributed by atoms with Crippen molar-refractivity contribution in [2.75, 3.05) is 5.73 Å². The van der Waals surface area contributed by atoms with Crippen LogP contribution in [0.3, 0.4) is 0 Å². The van der Waals surface area contributed by atoms with Crippen molar-refractivity contribution in [2.45, 2.75) is 26.7 Å². The third-order valence-corrected chi connectivity index (χ3v) is 3.03. The van der Waals surface area contributed by atoms with E-state index in [1.807, 2.05) is 12.1 Å². The number of pyridine rings is 1. The molecule has 88 valence electrons. The number of aromatic nitrogens is 1. The first-order chi connectivity index (χ1) is 8.24. The van der Waals surface area contributed by atoms with Crippen LogP contribution in [0, 0.1) is 0 Å². The smallest absolute Gasteiger partial charge is 0.0706 e. The molecule has 2 aromatic rings. The maximum atomic E-state index is 5.67. The average molecular weight is 226 g/mol. The Bertz CT molecular complexity index is 501. The highest BCUT2D eigenvalue weighted by Crippen LogP contribution is 2.24. The molecule has 2 N–H and O–H groups in total. The lowest BCUT2D eigenvalue weighted by atomic mass is 9.98. The largest absolute Gasteiger partial charge is 0.397 e. The summed E-state index contributed by atoms with van der Waals surface area (Å²) in [6.45, 7) is 4.34. The van der Waals surface area contributed by atoms with Crippen molar-refractivity contribution in [3.63, 3.8) is 0 Å². The maximum absolute atomic E-state index is 5.67. The van der Waals surface area contributed by atoms with Crippen LogP contribution in [-0.2, 0) is 12.8 Å². The summed E-state index contributed by atoms with van der Waals surface area (Å²) in [6.07, 6.45) is 3.78. The molecule has 0 amide bonds. The molecule has 0 atom stereocenters. The summed E-state index contributed by atoms with van der Waals surface area (Å²) in [4.78, 5) is 4.41. The molecule has 0 spiro atoms. The minimum Gasteiger partial charge on any atom is -0.397 e. The SMILES string of the molecule is CCc1ccc(CC)c(-c2ccc(N)cn2)c1. The summed E-state index contributed by atoms with van der Waals surface area (Å²) >= 11 is 0. The van der Waals surface area contributed by atoms with Crippen LogP contribution in [-0.4, -0.2) is 4.98 Å². The maximum Gasteiger partial charge on any atom is 0.0706 e. The fourth-order valence-corrected chi connectivity index (χ4v) is 1.95. The van der Waals surface area contributed by atoms with E-state index in [1.165, 1.54) is 16.7 Å². The number of aryl methyl sites for hydroxylation is 2. The Labute approximate surface area is 103 Å². The van der Waals surface area contributed by atoms with Crippen LogP contribution < -0.4 is 5.73 Å². The molecule has 0 saturated carbocycles. The van der Waals surface area contributed by atoms with Crippen LogP contribution in [0.5, 0.6) is 0 Å². The number of nitrogens with zero attached hydrogens (tertiary/aromatic N) is 1. The number of rotatable bonds is 3. The first-order valence-corrected chi connectivity index (χ1v) is 6.08. The third-order valence-electron chi connectivity index (χ3n) is 3.03. The molecule has 17 heavy (non-hydrogen) atoms. The molecular weight excluding hydrogens is 208 g/mol. The molecule has 2 rings (SSSR count). The van der Waals surface area contributed by atoms with Crippen molar-refractivity contribution in [2.24, 2.45) is 0 Å². The summed E-state index contributed by atoms with van der Waals surface area (Å²) in [6, 6.07) is 10.5. The molecule has 1 heterocycles. The van der Waals surface area contributed by atoms with E-state index in [-0.39, 0.29) is 0 Å². The molecule has 1 aromatic heterocycles. The van der Waals surface area contributed by atoms with Gasteiger partial charge in [0.05, 0.1) is 17.6 Å². The number of hydrogen-bond donors (Lipinski definition) is 1. The predicted molar refractivity (Wildman–Crippen MR) is 72.8 cm³/mol. The third kappa shape index (κ3) is 2.47. The molecule has 1 aromatic carbocycles. The van der Waals surface area contributed by atoms with Crippen LogP contribution in [0.15, 0.2) is 36.5 Å². The quantitative estimate of drug-likeness (QED) is 0.870. The zero-order chi connectivity index (χ0) is 12.3. The van der Waals surface area contributed by atoms with Crippen LogP contribution in [0.1, 0.15) is 25.0 Å². The Kier molecular flexibility index (Phi) is 3.43. The van der Waals surface area contributed by atoms with Crippen LogP contribution in [0.25, 0.3) is 11.3 Å². The first-order valence-electron chi connectivity index (χ1n) is 6.08. The molecule has 2 nitrogen and oxygen atoms in total. The van der Waals surface area contributed by atoms with Gasteiger partial charge in [0.2, 0.25) is 0 Å². The Hall–Kier alpha value is -1.83. The van der Waals surface area contributed by atoms with Crippen molar-refractivity contribution in [1.29, 1.82) is 0 Å². The Morgan fingerprint density at radius 2 is 1.88 bits per heavy atom. The van der Waals surface area contributed by atoms with Gasteiger partial charge in [-0.15, -0.1) is 0 Å². The van der Waals surface area contributed by atoms with Gasteiger partial charge < -0.3 is 5.73 Å². The Morgan fingerprint density at radius 3 is 2.47 bits per heavy atom. The monoisotopic (exact) mass is 226 g/mol. The van der Waals surface area contributed by atoms with E-state index in [9.17, 15) is 0 Å². The Balaban J connectivity index is 2.51. The molecular formula is C15H18N2. The summed E-state index contributed by atoms with van der Waals surface area (Å²) < 4.78 is 0. The topological polar surface area (TPSA) is 38.9 Å². The van der Waals surface area contributed by atoms with Crippen LogP contribution in [0.2, 0.25) is 0 Å². The lowest BCUT2D eigenvalue weighted by Crippen LogP contribution is -1.94. The Morgan fingerprint density at radius 1 is 1.06 bits per heavy atom. The zero-order valence-corrected chi connectivity index (χ0v) is 10.4. The number of nitrogens with two attached hydrogens (primary N) is 1. The summed E-state index contributed by atoms with van der Waals surface area (Å²) in [7, 11) is 0. The first kappa shape index (κ1) is 11.6. The normalized spacial score (nSPS) is 10.5. The van der Waals surface area contributed by atoms with Gasteiger partial charge in [-0.05, 0) is 42.2 Å². The fourth-order valence-electron chi connectivity index (χ4n) is 1.95. The van der Waals surface area contributed by atoms with E-state index < -0.39 is 0 Å². The van der Waals surface area contributed by atoms with Crippen molar-refractivity contribution in [3.8, 4) is 11.3 Å². The van der Waals surface area contributed by atoms with E-state index >= 15 is 0 Å². The number of anilines is 1. The van der Waals surface area contributed by atoms with Crippen molar-refractivity contribution < 1.29 is 0 Å². The van der Waals surface area contributed by atoms with Crippen molar-refractivity contribution in [3.05, 3.63) is 47.7 Å². The van der Waals surface area contributed by atoms with E-state index in [0.717, 1.165) is 18.5 Å². The van der Waals surface area contributed by atoms with Crippen LogP contribution in [0.4, 0.5) is 5.69 Å². The molecule has 0 aliphatic carbocycles. The summed E-state index contributed by atoms with van der Waals surface area (Å²) in [5.41, 5.74) is 11.3. The minimum absolute atomic E-state index is 0.707. The molecule has 0 unspecified atom stereocenters. The standard InChI is InChI=1S/C15H18N2/c1-3-11-5-6-12(4-2)14(9-11)15-8-7-13(16)10-17-15/h5-10H,3-4,16H2,1-2H3. The number of hydrogen-bond acceptors (Lipinski definition) is 2. The number of nitrogen functional groups attached to an aromatic ring is 1. The highest BCUT2D eigenvalue weighted by Gasteiger charge is 2.05. The zero-order valence-electron chi connectivity index (χ0n) is 10.4. The fraction of sp³-hybridized carbons (Fsp3) is 0.267. The van der Waals surface area contributed by atoms with Gasteiger partial charge in [0, 0.05) is 5.56 Å². The lowest BCUT2D eigenvalue weighted by Gasteiger charge is -2.09. The van der Waals surface area contributed by atoms with E-state index in [2.05, 4.69) is 37.0 Å². The predicted octanol–water partition coefficient (Wildman–Crippen LogP) is 3.46. The van der Waals surface area contributed by atoms with Gasteiger partial charge in [0.15, 0.2) is 0 Å². The lowest BCUT2D eigenvalue weighted by molar-refractivity contribution is 1.10. The molecule has 0 aliphatic heterocycles. The van der Waals surface area contributed by atoms with Gasteiger partial charge in [-0.2, -0.15) is 0 Å². The van der Waals surface area contributed by atoms with Gasteiger partial charge in [-0.25, -0.2) is 0 Å². The second-order valence-corrected chi connectivity index (χ2v) is 4.18. The van der Waals surface area contributed by atoms with Crippen molar-refractivity contribution in [1.82, 2.24) is 4.98 Å². The van der Waals surface area contributed by atoms with Gasteiger partial charge >= 0.3 is 0 Å². The average Bonchev–Trinajstić information content (AvgIpc) is 2.39. The second-order valence-electron chi connectivity index (χ2n) is 4.18. The molecule has 0 aliphatic rings. The molecule has 0 radical (unpaired) electrons. The highest BCUT2D eigenvalue weighted by atomic mass is 14.7. The van der Waals surface area contributed by atoms with Gasteiger partial charge in [0.1, 0.15) is 0 Å².